The average Bonchev–Trinajstić information content (AvgIpc) is 3.09. The van der Waals surface area contributed by atoms with Gasteiger partial charge < -0.3 is 5.73 Å². The Morgan fingerprint density at radius 1 is 1.41 bits per heavy atom. The van der Waals surface area contributed by atoms with E-state index < -0.39 is 10.0 Å². The van der Waals surface area contributed by atoms with Crippen LogP contribution in [0.25, 0.3) is 0 Å². The van der Waals surface area contributed by atoms with E-state index in [1.807, 2.05) is 0 Å². The van der Waals surface area contributed by atoms with Gasteiger partial charge in [0.2, 0.25) is 10.0 Å². The maximum Gasteiger partial charge on any atom is 0.242 e. The lowest BCUT2D eigenvalue weighted by Gasteiger charge is -2.06. The van der Waals surface area contributed by atoms with Crippen LogP contribution < -0.4 is 10.5 Å². The number of sulfonamides is 1. The number of aromatic nitrogens is 1. The number of anilines is 1. The molecule has 5 nitrogen and oxygen atoms in total. The van der Waals surface area contributed by atoms with Gasteiger partial charge in [0.05, 0.1) is 0 Å². The Morgan fingerprint density at radius 2 is 2.18 bits per heavy atom. The summed E-state index contributed by atoms with van der Waals surface area (Å²) < 4.78 is 26.2. The highest BCUT2D eigenvalue weighted by atomic mass is 32.2. The van der Waals surface area contributed by atoms with Crippen LogP contribution in [0.5, 0.6) is 0 Å². The molecule has 6 heteroatoms. The number of nitrogens with zero attached hydrogens (tertiary/aromatic N) is 1. The standard InChI is InChI=1S/C11H17N3O2S/c12-11-6-5-10(8-13-11)17(15,16)14-7-1-2-9-3-4-9/h5-6,8-9,14H,1-4,7H2,(H2,12,13). The molecule has 0 aromatic carbocycles. The van der Waals surface area contributed by atoms with Crippen molar-refractivity contribution in [2.45, 2.75) is 30.6 Å². The highest BCUT2D eigenvalue weighted by Gasteiger charge is 2.20. The van der Waals surface area contributed by atoms with Crippen LogP contribution in [0.4, 0.5) is 5.82 Å². The molecule has 0 unspecified atom stereocenters. The van der Waals surface area contributed by atoms with E-state index in [0.29, 0.717) is 12.4 Å². The first-order chi connectivity index (χ1) is 8.08. The molecule has 94 valence electrons. The Hall–Kier alpha value is -1.14. The topological polar surface area (TPSA) is 85.1 Å². The van der Waals surface area contributed by atoms with E-state index >= 15 is 0 Å². The molecule has 0 atom stereocenters. The summed E-state index contributed by atoms with van der Waals surface area (Å²) in [6, 6.07) is 2.95. The molecule has 0 amide bonds. The monoisotopic (exact) mass is 255 g/mol. The zero-order valence-electron chi connectivity index (χ0n) is 9.59. The van der Waals surface area contributed by atoms with Gasteiger partial charge in [-0.3, -0.25) is 0 Å². The maximum absolute atomic E-state index is 11.8. The molecule has 1 aliphatic carbocycles. The van der Waals surface area contributed by atoms with Crippen LogP contribution >= 0.6 is 0 Å². The van der Waals surface area contributed by atoms with Crippen molar-refractivity contribution in [2.75, 3.05) is 12.3 Å². The normalized spacial score (nSPS) is 16.0. The van der Waals surface area contributed by atoms with Gasteiger partial charge in [-0.05, 0) is 30.9 Å². The molecule has 1 heterocycles. The fourth-order valence-electron chi connectivity index (χ4n) is 1.64. The Labute approximate surface area is 101 Å². The van der Waals surface area contributed by atoms with Gasteiger partial charge in [0, 0.05) is 12.7 Å². The Balaban J connectivity index is 1.86. The van der Waals surface area contributed by atoms with Gasteiger partial charge in [0.25, 0.3) is 0 Å². The molecule has 2 rings (SSSR count). The van der Waals surface area contributed by atoms with E-state index in [2.05, 4.69) is 9.71 Å². The SMILES string of the molecule is Nc1ccc(S(=O)(=O)NCCCC2CC2)cn1. The van der Waals surface area contributed by atoms with Crippen LogP contribution in [0.1, 0.15) is 25.7 Å². The molecule has 1 aliphatic rings. The number of hydrogen-bond acceptors (Lipinski definition) is 4. The molecule has 1 aromatic rings. The third kappa shape index (κ3) is 3.67. The zero-order valence-corrected chi connectivity index (χ0v) is 10.4. The molecular formula is C11H17N3O2S. The third-order valence-corrected chi connectivity index (χ3v) is 4.29. The van der Waals surface area contributed by atoms with E-state index in [0.717, 1.165) is 18.8 Å². The number of nitrogens with one attached hydrogen (secondary N) is 1. The summed E-state index contributed by atoms with van der Waals surface area (Å²) in [5, 5.41) is 0. The average molecular weight is 255 g/mol. The fraction of sp³-hybridized carbons (Fsp3) is 0.545. The molecule has 1 saturated carbocycles. The second-order valence-corrected chi connectivity index (χ2v) is 6.17. The molecule has 3 N–H and O–H groups in total. The van der Waals surface area contributed by atoms with Crippen LogP contribution in [-0.4, -0.2) is 19.9 Å². The maximum atomic E-state index is 11.8. The lowest BCUT2D eigenvalue weighted by molar-refractivity contribution is 0.572. The van der Waals surface area contributed by atoms with Crippen molar-refractivity contribution in [3.8, 4) is 0 Å². The van der Waals surface area contributed by atoms with Gasteiger partial charge in [-0.15, -0.1) is 0 Å². The predicted octanol–water partition coefficient (Wildman–Crippen LogP) is 1.13. The summed E-state index contributed by atoms with van der Waals surface area (Å²) in [6.07, 6.45) is 5.89. The van der Waals surface area contributed by atoms with Crippen molar-refractivity contribution in [1.29, 1.82) is 0 Å². The van der Waals surface area contributed by atoms with Gasteiger partial charge in [-0.2, -0.15) is 0 Å². The molecule has 0 bridgehead atoms. The smallest absolute Gasteiger partial charge is 0.242 e. The number of nitrogen functional groups attached to an aromatic ring is 1. The number of rotatable bonds is 6. The summed E-state index contributed by atoms with van der Waals surface area (Å²) in [7, 11) is -3.42. The van der Waals surface area contributed by atoms with Gasteiger partial charge >= 0.3 is 0 Å². The molecule has 0 aliphatic heterocycles. The number of nitrogens with two attached hydrogens (primary N) is 1. The van der Waals surface area contributed by atoms with E-state index in [1.165, 1.54) is 31.2 Å². The van der Waals surface area contributed by atoms with Crippen molar-refractivity contribution >= 4 is 15.8 Å². The first kappa shape index (κ1) is 12.3. The second kappa shape index (κ2) is 5.01. The summed E-state index contributed by atoms with van der Waals surface area (Å²) in [4.78, 5) is 3.94. The molecule has 1 fully saturated rings. The van der Waals surface area contributed by atoms with Gasteiger partial charge in [0.15, 0.2) is 0 Å². The van der Waals surface area contributed by atoms with Crippen LogP contribution in [0.2, 0.25) is 0 Å². The van der Waals surface area contributed by atoms with E-state index in [9.17, 15) is 8.42 Å². The molecular weight excluding hydrogens is 238 g/mol. The van der Waals surface area contributed by atoms with E-state index in [1.54, 1.807) is 0 Å². The summed E-state index contributed by atoms with van der Waals surface area (Å²) in [5.74, 6) is 1.15. The van der Waals surface area contributed by atoms with Crippen molar-refractivity contribution in [3.05, 3.63) is 18.3 Å². The van der Waals surface area contributed by atoms with Crippen molar-refractivity contribution < 1.29 is 8.42 Å². The van der Waals surface area contributed by atoms with Gasteiger partial charge in [0.1, 0.15) is 10.7 Å². The Bertz CT molecular complexity index is 466. The third-order valence-electron chi connectivity index (χ3n) is 2.85. The van der Waals surface area contributed by atoms with E-state index in [-0.39, 0.29) is 4.90 Å². The molecule has 17 heavy (non-hydrogen) atoms. The lowest BCUT2D eigenvalue weighted by Crippen LogP contribution is -2.25. The highest BCUT2D eigenvalue weighted by Crippen LogP contribution is 2.33. The first-order valence-corrected chi connectivity index (χ1v) is 7.27. The first-order valence-electron chi connectivity index (χ1n) is 5.79. The number of hydrogen-bond donors (Lipinski definition) is 2. The quantitative estimate of drug-likeness (QED) is 0.746. The second-order valence-electron chi connectivity index (χ2n) is 4.40. The summed E-state index contributed by atoms with van der Waals surface area (Å²) in [6.45, 7) is 0.489. The van der Waals surface area contributed by atoms with Crippen molar-refractivity contribution in [1.82, 2.24) is 9.71 Å². The molecule has 0 saturated heterocycles. The zero-order chi connectivity index (χ0) is 12.3. The minimum atomic E-state index is -3.42. The molecule has 0 spiro atoms. The predicted molar refractivity (Wildman–Crippen MR) is 65.8 cm³/mol. The molecule has 0 radical (unpaired) electrons. The summed E-state index contributed by atoms with van der Waals surface area (Å²) >= 11 is 0. The highest BCUT2D eigenvalue weighted by molar-refractivity contribution is 7.89. The van der Waals surface area contributed by atoms with Gasteiger partial charge in [-0.1, -0.05) is 12.8 Å². The minimum absolute atomic E-state index is 0.165. The lowest BCUT2D eigenvalue weighted by atomic mass is 10.2. The summed E-state index contributed by atoms with van der Waals surface area (Å²) in [5.41, 5.74) is 5.41. The molecule has 1 aromatic heterocycles. The number of pyridine rings is 1. The minimum Gasteiger partial charge on any atom is -0.384 e. The Kier molecular flexibility index (Phi) is 3.63. The van der Waals surface area contributed by atoms with Crippen LogP contribution in [0, 0.1) is 5.92 Å². The van der Waals surface area contributed by atoms with E-state index in [4.69, 9.17) is 5.73 Å². The largest absolute Gasteiger partial charge is 0.384 e. The fourth-order valence-corrected chi connectivity index (χ4v) is 2.66. The Morgan fingerprint density at radius 3 is 2.76 bits per heavy atom. The van der Waals surface area contributed by atoms with Crippen molar-refractivity contribution in [3.63, 3.8) is 0 Å². The van der Waals surface area contributed by atoms with Crippen LogP contribution in [0.3, 0.4) is 0 Å². The van der Waals surface area contributed by atoms with Gasteiger partial charge in [-0.25, -0.2) is 18.1 Å². The van der Waals surface area contributed by atoms with Crippen LogP contribution in [0.15, 0.2) is 23.2 Å². The van der Waals surface area contributed by atoms with Crippen LogP contribution in [-0.2, 0) is 10.0 Å². The van der Waals surface area contributed by atoms with Crippen molar-refractivity contribution in [2.24, 2.45) is 5.92 Å².